The molecular weight excluding hydrogens is 329 g/mol. The van der Waals surface area contributed by atoms with Crippen molar-refractivity contribution in [1.82, 2.24) is 0 Å². The first-order chi connectivity index (χ1) is 10.9. The Morgan fingerprint density at radius 3 is 2.08 bits per heavy atom. The zero-order valence-corrected chi connectivity index (χ0v) is 16.2. The molecule has 0 aromatic heterocycles. The van der Waals surface area contributed by atoms with Crippen LogP contribution in [0.5, 0.6) is 5.75 Å². The maximum atomic E-state index is 12.1. The number of hydrogen-bond donors (Lipinski definition) is 1. The molecule has 1 aromatic rings. The zero-order chi connectivity index (χ0) is 18.3. The maximum Gasteiger partial charge on any atom is 0.495 e. The lowest BCUT2D eigenvalue weighted by molar-refractivity contribution is 0.00578. The molecule has 134 valence electrons. The first-order valence-corrected chi connectivity index (χ1v) is 9.49. The van der Waals surface area contributed by atoms with Gasteiger partial charge < -0.3 is 14.0 Å². The second kappa shape index (κ2) is 6.24. The van der Waals surface area contributed by atoms with E-state index in [9.17, 15) is 8.42 Å². The van der Waals surface area contributed by atoms with E-state index < -0.39 is 33.6 Å². The number of benzene rings is 1. The van der Waals surface area contributed by atoms with Crippen LogP contribution < -0.4 is 14.9 Å². The van der Waals surface area contributed by atoms with E-state index >= 15 is 0 Å². The van der Waals surface area contributed by atoms with Gasteiger partial charge >= 0.3 is 7.12 Å². The van der Waals surface area contributed by atoms with E-state index in [1.807, 2.05) is 27.7 Å². The lowest BCUT2D eigenvalue weighted by Crippen LogP contribution is -2.41. The number of ether oxygens (including phenoxy) is 1. The van der Waals surface area contributed by atoms with Crippen LogP contribution in [0.25, 0.3) is 0 Å². The molecular formula is C16H26BNO5S. The molecule has 0 radical (unpaired) electrons. The van der Waals surface area contributed by atoms with Crippen molar-refractivity contribution in [2.45, 2.75) is 58.0 Å². The molecule has 0 atom stereocenters. The monoisotopic (exact) mass is 355 g/mol. The number of sulfonamides is 1. The molecule has 1 N–H and O–H groups in total. The van der Waals surface area contributed by atoms with Gasteiger partial charge in [-0.25, -0.2) is 8.42 Å². The van der Waals surface area contributed by atoms with E-state index in [2.05, 4.69) is 4.72 Å². The van der Waals surface area contributed by atoms with Crippen LogP contribution in [0.1, 0.15) is 41.5 Å². The van der Waals surface area contributed by atoms with Crippen LogP contribution in [0, 0.1) is 0 Å². The van der Waals surface area contributed by atoms with Crippen molar-refractivity contribution in [1.29, 1.82) is 0 Å². The fourth-order valence-electron chi connectivity index (χ4n) is 2.20. The Kier molecular flexibility index (Phi) is 4.96. The van der Waals surface area contributed by atoms with Crippen molar-refractivity contribution in [2.75, 3.05) is 11.8 Å². The molecule has 1 aromatic carbocycles. The molecule has 0 unspecified atom stereocenters. The molecule has 0 aliphatic carbocycles. The third-order valence-electron chi connectivity index (χ3n) is 4.57. The summed E-state index contributed by atoms with van der Waals surface area (Å²) in [7, 11) is -2.51. The number of rotatable bonds is 5. The molecule has 0 saturated carbocycles. The smallest absolute Gasteiger partial charge is 0.495 e. The van der Waals surface area contributed by atoms with Crippen molar-refractivity contribution < 1.29 is 22.5 Å². The van der Waals surface area contributed by atoms with Gasteiger partial charge in [-0.05, 0) is 59.1 Å². The van der Waals surface area contributed by atoms with Crippen molar-refractivity contribution in [3.8, 4) is 5.75 Å². The minimum absolute atomic E-state index is 0.424. The average molecular weight is 355 g/mol. The van der Waals surface area contributed by atoms with Crippen molar-refractivity contribution in [3.63, 3.8) is 0 Å². The summed E-state index contributed by atoms with van der Waals surface area (Å²) in [5.41, 5.74) is 0.179. The number of hydrogen-bond acceptors (Lipinski definition) is 5. The minimum Gasteiger partial charge on any atom is -0.497 e. The second-order valence-electron chi connectivity index (χ2n) is 7.28. The van der Waals surface area contributed by atoms with Crippen molar-refractivity contribution in [3.05, 3.63) is 18.2 Å². The van der Waals surface area contributed by atoms with E-state index in [0.717, 1.165) is 0 Å². The van der Waals surface area contributed by atoms with E-state index in [1.165, 1.54) is 7.11 Å². The van der Waals surface area contributed by atoms with Gasteiger partial charge in [-0.2, -0.15) is 0 Å². The molecule has 1 aliphatic heterocycles. The van der Waals surface area contributed by atoms with E-state index in [0.29, 0.717) is 16.9 Å². The number of anilines is 1. The molecule has 1 saturated heterocycles. The van der Waals surface area contributed by atoms with Gasteiger partial charge in [-0.3, -0.25) is 4.72 Å². The Bertz CT molecular complexity index is 699. The largest absolute Gasteiger partial charge is 0.497 e. The highest BCUT2D eigenvalue weighted by molar-refractivity contribution is 7.93. The van der Waals surface area contributed by atoms with Gasteiger partial charge in [0.25, 0.3) is 0 Å². The lowest BCUT2D eigenvalue weighted by atomic mass is 9.79. The van der Waals surface area contributed by atoms with Gasteiger partial charge in [0.05, 0.1) is 29.2 Å². The lowest BCUT2D eigenvalue weighted by Gasteiger charge is -2.32. The van der Waals surface area contributed by atoms with E-state index in [-0.39, 0.29) is 0 Å². The number of nitrogens with one attached hydrogen (secondary N) is 1. The third-order valence-corrected chi connectivity index (χ3v) is 6.33. The summed E-state index contributed by atoms with van der Waals surface area (Å²) >= 11 is 0. The molecule has 6 nitrogen and oxygen atoms in total. The van der Waals surface area contributed by atoms with Gasteiger partial charge in [-0.15, -0.1) is 0 Å². The topological polar surface area (TPSA) is 73.9 Å². The van der Waals surface area contributed by atoms with Crippen LogP contribution >= 0.6 is 0 Å². The summed E-state index contributed by atoms with van der Waals surface area (Å²) in [6.45, 7) is 11.1. The average Bonchev–Trinajstić information content (AvgIpc) is 2.66. The third kappa shape index (κ3) is 3.71. The number of methoxy groups -OCH3 is 1. The van der Waals surface area contributed by atoms with Gasteiger partial charge in [-0.1, -0.05) is 0 Å². The van der Waals surface area contributed by atoms with Crippen molar-refractivity contribution in [2.24, 2.45) is 0 Å². The van der Waals surface area contributed by atoms with Crippen LogP contribution in [-0.2, 0) is 19.3 Å². The van der Waals surface area contributed by atoms with Crippen LogP contribution in [-0.4, -0.2) is 39.1 Å². The van der Waals surface area contributed by atoms with Crippen LogP contribution in [0.4, 0.5) is 5.69 Å². The Balaban J connectivity index is 2.37. The standard InChI is InChI=1S/C16H26BNO5S/c1-11(2)24(19,20)18-13-8-12(9-14(10-13)21-7)17-22-15(3,4)16(5,6)23-17/h8-11,18H,1-7H3. The fourth-order valence-corrected chi connectivity index (χ4v) is 2.88. The Labute approximate surface area is 145 Å². The minimum atomic E-state index is -3.45. The highest BCUT2D eigenvalue weighted by Gasteiger charge is 2.51. The molecule has 1 heterocycles. The van der Waals surface area contributed by atoms with Gasteiger partial charge in [0.2, 0.25) is 10.0 Å². The molecule has 1 aliphatic rings. The molecule has 0 bridgehead atoms. The molecule has 24 heavy (non-hydrogen) atoms. The van der Waals surface area contributed by atoms with Gasteiger partial charge in [0.15, 0.2) is 0 Å². The highest BCUT2D eigenvalue weighted by atomic mass is 32.2. The molecule has 0 amide bonds. The normalized spacial score (nSPS) is 19.6. The Morgan fingerprint density at radius 1 is 1.08 bits per heavy atom. The summed E-state index contributed by atoms with van der Waals surface area (Å²) in [4.78, 5) is 0. The zero-order valence-electron chi connectivity index (χ0n) is 15.3. The molecule has 1 fully saturated rings. The fraction of sp³-hybridized carbons (Fsp3) is 0.625. The highest BCUT2D eigenvalue weighted by Crippen LogP contribution is 2.37. The molecule has 0 spiro atoms. The van der Waals surface area contributed by atoms with E-state index in [4.69, 9.17) is 14.0 Å². The maximum absolute atomic E-state index is 12.1. The summed E-state index contributed by atoms with van der Waals surface area (Å²) in [6.07, 6.45) is 0. The van der Waals surface area contributed by atoms with Gasteiger partial charge in [0, 0.05) is 6.07 Å². The first kappa shape index (κ1) is 19.1. The summed E-state index contributed by atoms with van der Waals surface area (Å²) in [5, 5.41) is -0.538. The summed E-state index contributed by atoms with van der Waals surface area (Å²) < 4.78 is 44.2. The quantitative estimate of drug-likeness (QED) is 0.820. The predicted molar refractivity (Wildman–Crippen MR) is 96.4 cm³/mol. The van der Waals surface area contributed by atoms with Crippen LogP contribution in [0.15, 0.2) is 18.2 Å². The summed E-state index contributed by atoms with van der Waals surface area (Å²) in [6, 6.07) is 5.13. The molecule has 8 heteroatoms. The van der Waals surface area contributed by atoms with Gasteiger partial charge in [0.1, 0.15) is 5.75 Å². The molecule has 2 rings (SSSR count). The van der Waals surface area contributed by atoms with Crippen molar-refractivity contribution >= 4 is 28.3 Å². The second-order valence-corrected chi connectivity index (χ2v) is 9.52. The SMILES string of the molecule is COc1cc(NS(=O)(=O)C(C)C)cc(B2OC(C)(C)C(C)(C)O2)c1. The first-order valence-electron chi connectivity index (χ1n) is 7.94. The predicted octanol–water partition coefficient (Wildman–Crippen LogP) is 2.14. The Hall–Kier alpha value is -1.25. The Morgan fingerprint density at radius 2 is 1.62 bits per heavy atom. The van der Waals surface area contributed by atoms with Crippen LogP contribution in [0.2, 0.25) is 0 Å². The summed E-state index contributed by atoms with van der Waals surface area (Å²) in [5.74, 6) is 0.531. The van der Waals surface area contributed by atoms with Crippen LogP contribution in [0.3, 0.4) is 0 Å². The van der Waals surface area contributed by atoms with E-state index in [1.54, 1.807) is 32.0 Å².